The highest BCUT2D eigenvalue weighted by molar-refractivity contribution is 7.98. The highest BCUT2D eigenvalue weighted by Gasteiger charge is 2.25. The molecule has 2 aromatic carbocycles. The summed E-state index contributed by atoms with van der Waals surface area (Å²) >= 11 is 10.1. The molecule has 2 aliphatic rings. The van der Waals surface area contributed by atoms with Crippen molar-refractivity contribution in [2.24, 2.45) is 5.92 Å². The Balaban J connectivity index is 1.38. The average molecular weight is 561 g/mol. The first kappa shape index (κ1) is 25.2. The third-order valence-corrected chi connectivity index (χ3v) is 10.7. The monoisotopic (exact) mass is 560 g/mol. The van der Waals surface area contributed by atoms with Gasteiger partial charge in [-0.05, 0) is 85.8 Å². The Morgan fingerprint density at radius 2 is 1.81 bits per heavy atom. The summed E-state index contributed by atoms with van der Waals surface area (Å²) in [6.07, 6.45) is 18.9. The molecule has 4 aromatic rings. The SMILES string of the molecule is C/C=[n+]1/c(=C/C2=CC3=C/C(=C/c4sc5ccc(SC)cc5[n+]4CC)CCC3CC2)sc2ccc(S)cc21. The first-order valence-corrected chi connectivity index (χ1v) is 16.3. The molecule has 0 radical (unpaired) electrons. The molecule has 2 aliphatic carbocycles. The summed E-state index contributed by atoms with van der Waals surface area (Å²) in [5.41, 5.74) is 7.00. The Bertz CT molecular complexity index is 1730. The van der Waals surface area contributed by atoms with E-state index in [1.54, 1.807) is 0 Å². The Morgan fingerprint density at radius 3 is 2.62 bits per heavy atom. The quantitative estimate of drug-likeness (QED) is 0.153. The fourth-order valence-corrected chi connectivity index (χ4v) is 8.57. The van der Waals surface area contributed by atoms with Crippen molar-refractivity contribution in [1.82, 2.24) is 0 Å². The summed E-state index contributed by atoms with van der Waals surface area (Å²) in [6, 6.07) is 13.3. The van der Waals surface area contributed by atoms with Gasteiger partial charge in [-0.1, -0.05) is 34.8 Å². The molecule has 37 heavy (non-hydrogen) atoms. The summed E-state index contributed by atoms with van der Waals surface area (Å²) in [4.78, 5) is 2.34. The molecule has 1 atom stereocenters. The molecule has 0 saturated carbocycles. The number of thioether (sulfide) groups is 1. The van der Waals surface area contributed by atoms with E-state index < -0.39 is 0 Å². The van der Waals surface area contributed by atoms with E-state index in [1.165, 1.54) is 71.0 Å². The number of benzene rings is 2. The lowest BCUT2D eigenvalue weighted by atomic mass is 9.77. The first-order valence-electron chi connectivity index (χ1n) is 13.0. The highest BCUT2D eigenvalue weighted by Crippen LogP contribution is 2.38. The molecule has 0 spiro atoms. The van der Waals surface area contributed by atoms with Crippen LogP contribution < -0.4 is 13.5 Å². The second-order valence-corrected chi connectivity index (χ2v) is 13.3. The van der Waals surface area contributed by atoms with Crippen LogP contribution in [0.25, 0.3) is 32.6 Å². The minimum Gasteiger partial charge on any atom is -0.182 e. The number of nitrogens with zero attached hydrogens (tertiary/aromatic N) is 2. The number of hydrogen-bond donors (Lipinski definition) is 1. The first-order chi connectivity index (χ1) is 18.1. The van der Waals surface area contributed by atoms with Gasteiger partial charge in [-0.2, -0.15) is 8.81 Å². The Morgan fingerprint density at radius 1 is 1.00 bits per heavy atom. The summed E-state index contributed by atoms with van der Waals surface area (Å²) in [5.74, 6) is 0.693. The third kappa shape index (κ3) is 4.89. The normalized spacial score (nSPS) is 20.1. The van der Waals surface area contributed by atoms with Crippen molar-refractivity contribution in [2.45, 2.75) is 55.9 Å². The van der Waals surface area contributed by atoms with Gasteiger partial charge in [0.1, 0.15) is 22.2 Å². The van der Waals surface area contributed by atoms with E-state index in [9.17, 15) is 0 Å². The van der Waals surface area contributed by atoms with Gasteiger partial charge in [-0.15, -0.1) is 24.4 Å². The average Bonchev–Trinajstić information content (AvgIpc) is 3.43. The Kier molecular flexibility index (Phi) is 7.19. The van der Waals surface area contributed by atoms with Crippen molar-refractivity contribution in [1.29, 1.82) is 0 Å². The number of fused-ring (bicyclic) bond motifs is 3. The summed E-state index contributed by atoms with van der Waals surface area (Å²) < 4.78 is 8.74. The van der Waals surface area contributed by atoms with Crippen LogP contribution in [0, 0.1) is 12.1 Å². The van der Waals surface area contributed by atoms with Crippen molar-refractivity contribution < 1.29 is 8.81 Å². The second kappa shape index (κ2) is 10.6. The number of thiazole rings is 2. The molecule has 0 N–H and O–H groups in total. The zero-order chi connectivity index (χ0) is 25.5. The number of hydrogen-bond acceptors (Lipinski definition) is 4. The van der Waals surface area contributed by atoms with Crippen molar-refractivity contribution in [2.75, 3.05) is 6.26 Å². The van der Waals surface area contributed by atoms with Gasteiger partial charge in [0.05, 0.1) is 0 Å². The fourth-order valence-electron chi connectivity index (χ4n) is 5.62. The molecule has 1 unspecified atom stereocenters. The van der Waals surface area contributed by atoms with E-state index in [1.807, 2.05) is 34.4 Å². The predicted octanol–water partition coefficient (Wildman–Crippen LogP) is 7.67. The molecular weight excluding hydrogens is 529 g/mol. The molecule has 0 bridgehead atoms. The maximum Gasteiger partial charge on any atom is 0.268 e. The van der Waals surface area contributed by atoms with Crippen molar-refractivity contribution in [3.63, 3.8) is 0 Å². The van der Waals surface area contributed by atoms with Gasteiger partial charge in [-0.25, -0.2) is 0 Å². The van der Waals surface area contributed by atoms with Crippen LogP contribution in [-0.4, -0.2) is 6.26 Å². The molecule has 2 nitrogen and oxygen atoms in total. The van der Waals surface area contributed by atoms with Crippen LogP contribution in [0.3, 0.4) is 0 Å². The molecule has 0 amide bonds. The van der Waals surface area contributed by atoms with E-state index in [4.69, 9.17) is 0 Å². The van der Waals surface area contributed by atoms with Crippen LogP contribution in [0.5, 0.6) is 0 Å². The number of rotatable bonds is 4. The molecule has 0 fully saturated rings. The molecule has 0 aliphatic heterocycles. The van der Waals surface area contributed by atoms with Crippen molar-refractivity contribution in [3.8, 4) is 0 Å². The van der Waals surface area contributed by atoms with Crippen LogP contribution in [0.4, 0.5) is 0 Å². The number of aryl methyl sites for hydroxylation is 1. The maximum absolute atomic E-state index is 4.56. The molecular formula is C31H32N2S4+2. The van der Waals surface area contributed by atoms with Crippen molar-refractivity contribution >= 4 is 79.6 Å². The smallest absolute Gasteiger partial charge is 0.182 e. The third-order valence-electron chi connectivity index (χ3n) is 7.52. The van der Waals surface area contributed by atoms with Gasteiger partial charge in [-0.3, -0.25) is 0 Å². The van der Waals surface area contributed by atoms with Crippen LogP contribution in [0.1, 0.15) is 44.5 Å². The minimum absolute atomic E-state index is 0.693. The molecule has 6 heteroatoms. The lowest BCUT2D eigenvalue weighted by Gasteiger charge is -2.27. The van der Waals surface area contributed by atoms with Gasteiger partial charge in [0.2, 0.25) is 11.0 Å². The summed E-state index contributed by atoms with van der Waals surface area (Å²) in [5, 5.41) is 1.36. The van der Waals surface area contributed by atoms with E-state index >= 15 is 0 Å². The van der Waals surface area contributed by atoms with Gasteiger partial charge < -0.3 is 0 Å². The standard InChI is InChI=1S/C31H31N2S4/c1-4-32-26-18-24(34)10-12-28(26)36-30(32)16-20-6-8-22-9-7-21(15-23(22)14-20)17-31-33(5-2)27-19-25(35-3)11-13-29(27)37-31/h4,10-19,22H,5-9H2,1-3H3/q+1/p+1/b21-17+,30-16-,32-4+. The molecule has 6 rings (SSSR count). The second-order valence-electron chi connectivity index (χ2n) is 9.74. The van der Waals surface area contributed by atoms with Gasteiger partial charge >= 0.3 is 0 Å². The number of allylic oxidation sites excluding steroid dienone is 5. The predicted molar refractivity (Wildman–Crippen MR) is 164 cm³/mol. The largest absolute Gasteiger partial charge is 0.268 e. The Hall–Kier alpha value is -2.12. The zero-order valence-electron chi connectivity index (χ0n) is 21.5. The number of thiol groups is 1. The van der Waals surface area contributed by atoms with Crippen LogP contribution in [0.2, 0.25) is 0 Å². The van der Waals surface area contributed by atoms with Crippen LogP contribution >= 0.6 is 47.1 Å². The van der Waals surface area contributed by atoms with Crippen molar-refractivity contribution in [3.05, 3.63) is 81.2 Å². The van der Waals surface area contributed by atoms with E-state index in [0.717, 1.165) is 17.9 Å². The van der Waals surface area contributed by atoms with E-state index in [0.29, 0.717) is 5.92 Å². The summed E-state index contributed by atoms with van der Waals surface area (Å²) in [6.45, 7) is 5.36. The van der Waals surface area contributed by atoms with Gasteiger partial charge in [0.25, 0.3) is 9.67 Å². The van der Waals surface area contributed by atoms with Crippen LogP contribution in [0.15, 0.2) is 75.1 Å². The lowest BCUT2D eigenvalue weighted by molar-refractivity contribution is -0.665. The lowest BCUT2D eigenvalue weighted by Crippen LogP contribution is -2.33. The Labute approximate surface area is 236 Å². The molecule has 188 valence electrons. The van der Waals surface area contributed by atoms with Gasteiger partial charge in [0, 0.05) is 41.0 Å². The molecule has 2 heterocycles. The highest BCUT2D eigenvalue weighted by atomic mass is 32.2. The molecule has 0 saturated heterocycles. The van der Waals surface area contributed by atoms with Gasteiger partial charge in [0.15, 0.2) is 0 Å². The zero-order valence-corrected chi connectivity index (χ0v) is 24.9. The maximum atomic E-state index is 4.56. The van der Waals surface area contributed by atoms with E-state index in [2.05, 4.69) is 108 Å². The summed E-state index contributed by atoms with van der Waals surface area (Å²) in [7, 11) is 0. The van der Waals surface area contributed by atoms with E-state index in [-0.39, 0.29) is 0 Å². The minimum atomic E-state index is 0.693. The number of aromatic nitrogens is 2. The molecule has 2 aromatic heterocycles. The topological polar surface area (TPSA) is 9.78 Å². The van der Waals surface area contributed by atoms with Crippen LogP contribution in [-0.2, 0) is 6.54 Å². The fraction of sp³-hybridized carbons (Fsp3) is 0.290.